The summed E-state index contributed by atoms with van der Waals surface area (Å²) in [5.74, 6) is 0.0965. The fourth-order valence-corrected chi connectivity index (χ4v) is 5.36. The number of amides is 2. The molecule has 2 aliphatic heterocycles. The smallest absolute Gasteiger partial charge is 0.253 e. The van der Waals surface area contributed by atoms with E-state index in [9.17, 15) is 18.0 Å². The number of sulfonamides is 1. The fourth-order valence-electron chi connectivity index (χ4n) is 4.49. The molecule has 1 aromatic rings. The van der Waals surface area contributed by atoms with Crippen molar-refractivity contribution in [2.75, 3.05) is 39.0 Å². The number of rotatable bonds is 5. The van der Waals surface area contributed by atoms with Crippen molar-refractivity contribution in [1.82, 2.24) is 14.5 Å². The molecular weight excluding hydrogens is 402 g/mol. The summed E-state index contributed by atoms with van der Waals surface area (Å²) in [6.07, 6.45) is 4.37. The van der Waals surface area contributed by atoms with Crippen LogP contribution in [0.2, 0.25) is 0 Å². The van der Waals surface area contributed by atoms with Crippen LogP contribution in [0.25, 0.3) is 0 Å². The van der Waals surface area contributed by atoms with Crippen molar-refractivity contribution in [3.63, 3.8) is 0 Å². The summed E-state index contributed by atoms with van der Waals surface area (Å²) in [6, 6.07) is 5.85. The molecule has 2 saturated heterocycles. The zero-order valence-corrected chi connectivity index (χ0v) is 19.0. The van der Waals surface area contributed by atoms with Gasteiger partial charge in [-0.15, -0.1) is 0 Å². The molecule has 0 aromatic heterocycles. The van der Waals surface area contributed by atoms with Crippen LogP contribution in [0.4, 0.5) is 0 Å². The van der Waals surface area contributed by atoms with E-state index in [0.29, 0.717) is 44.2 Å². The molecule has 30 heavy (non-hydrogen) atoms. The molecule has 2 heterocycles. The highest BCUT2D eigenvalue weighted by Crippen LogP contribution is 2.22. The second kappa shape index (κ2) is 9.47. The first-order chi connectivity index (χ1) is 14.1. The Morgan fingerprint density at radius 1 is 1.03 bits per heavy atom. The maximum Gasteiger partial charge on any atom is 0.253 e. The number of benzene rings is 1. The standard InChI is InChI=1S/C22H33N3O4S/c1-16-11-17(2)13-20(12-16)22(27)24-8-4-5-19(15-24)21(26)23-14-18-6-9-25(10-7-18)30(3,28)29/h11-13,18-19H,4-10,14-15H2,1-3H3,(H,23,26). The first kappa shape index (κ1) is 22.7. The van der Waals surface area contributed by atoms with Gasteiger partial charge < -0.3 is 10.2 Å². The van der Waals surface area contributed by atoms with Gasteiger partial charge in [0.15, 0.2) is 0 Å². The first-order valence-electron chi connectivity index (χ1n) is 10.7. The quantitative estimate of drug-likeness (QED) is 0.766. The van der Waals surface area contributed by atoms with Crippen molar-refractivity contribution in [1.29, 1.82) is 0 Å². The van der Waals surface area contributed by atoms with Crippen molar-refractivity contribution in [3.8, 4) is 0 Å². The average Bonchev–Trinajstić information content (AvgIpc) is 2.70. The number of aryl methyl sites for hydroxylation is 2. The number of hydrogen-bond acceptors (Lipinski definition) is 4. The van der Waals surface area contributed by atoms with E-state index in [0.717, 1.165) is 36.8 Å². The summed E-state index contributed by atoms with van der Waals surface area (Å²) >= 11 is 0. The fraction of sp³-hybridized carbons (Fsp3) is 0.636. The molecule has 2 aliphatic rings. The molecule has 0 bridgehead atoms. The van der Waals surface area contributed by atoms with Gasteiger partial charge in [-0.05, 0) is 57.6 Å². The molecule has 166 valence electrons. The maximum atomic E-state index is 12.9. The van der Waals surface area contributed by atoms with Crippen molar-refractivity contribution in [3.05, 3.63) is 34.9 Å². The van der Waals surface area contributed by atoms with E-state index in [4.69, 9.17) is 0 Å². The Morgan fingerprint density at radius 3 is 2.27 bits per heavy atom. The maximum absolute atomic E-state index is 12.9. The summed E-state index contributed by atoms with van der Waals surface area (Å²) in [4.78, 5) is 27.4. The molecule has 0 spiro atoms. The Kier molecular flexibility index (Phi) is 7.18. The zero-order valence-electron chi connectivity index (χ0n) is 18.2. The first-order valence-corrected chi connectivity index (χ1v) is 12.6. The SMILES string of the molecule is Cc1cc(C)cc(C(=O)N2CCCC(C(=O)NCC3CCN(S(C)(=O)=O)CC3)C2)c1. The number of nitrogens with one attached hydrogen (secondary N) is 1. The van der Waals surface area contributed by atoms with Gasteiger partial charge in [0.25, 0.3) is 5.91 Å². The molecule has 2 fully saturated rings. The van der Waals surface area contributed by atoms with Crippen molar-refractivity contribution in [2.45, 2.75) is 39.5 Å². The van der Waals surface area contributed by atoms with Gasteiger partial charge in [0.1, 0.15) is 0 Å². The number of carbonyl (C=O) groups excluding carboxylic acids is 2. The van der Waals surface area contributed by atoms with E-state index in [-0.39, 0.29) is 17.7 Å². The van der Waals surface area contributed by atoms with Crippen molar-refractivity contribution >= 4 is 21.8 Å². The topological polar surface area (TPSA) is 86.8 Å². The number of piperidine rings is 2. The average molecular weight is 436 g/mol. The molecule has 2 amide bonds. The van der Waals surface area contributed by atoms with Crippen LogP contribution in [0.1, 0.15) is 47.2 Å². The molecule has 0 radical (unpaired) electrons. The molecule has 7 nitrogen and oxygen atoms in total. The lowest BCUT2D eigenvalue weighted by Crippen LogP contribution is -2.47. The second-order valence-electron chi connectivity index (χ2n) is 8.82. The van der Waals surface area contributed by atoms with Gasteiger partial charge in [0.2, 0.25) is 15.9 Å². The number of likely N-dealkylation sites (tertiary alicyclic amines) is 1. The summed E-state index contributed by atoms with van der Waals surface area (Å²) in [7, 11) is -3.13. The normalized spacial score (nSPS) is 21.4. The second-order valence-corrected chi connectivity index (χ2v) is 10.8. The molecule has 0 aliphatic carbocycles. The molecule has 0 saturated carbocycles. The highest BCUT2D eigenvalue weighted by molar-refractivity contribution is 7.88. The van der Waals surface area contributed by atoms with Crippen LogP contribution in [0.15, 0.2) is 18.2 Å². The van der Waals surface area contributed by atoms with Gasteiger partial charge in [-0.2, -0.15) is 0 Å². The highest BCUT2D eigenvalue weighted by Gasteiger charge is 2.30. The number of hydrogen-bond donors (Lipinski definition) is 1. The van der Waals surface area contributed by atoms with Crippen LogP contribution in [0.3, 0.4) is 0 Å². The summed E-state index contributed by atoms with van der Waals surface area (Å²) in [5, 5.41) is 3.05. The van der Waals surface area contributed by atoms with E-state index in [1.165, 1.54) is 10.6 Å². The Balaban J connectivity index is 1.50. The van der Waals surface area contributed by atoms with E-state index < -0.39 is 10.0 Å². The summed E-state index contributed by atoms with van der Waals surface area (Å²) in [5.41, 5.74) is 2.81. The third kappa shape index (κ3) is 5.82. The van der Waals surface area contributed by atoms with Crippen molar-refractivity contribution in [2.24, 2.45) is 11.8 Å². The predicted molar refractivity (Wildman–Crippen MR) is 117 cm³/mol. The minimum absolute atomic E-state index is 0.00142. The lowest BCUT2D eigenvalue weighted by atomic mass is 9.94. The van der Waals surface area contributed by atoms with E-state index in [1.54, 1.807) is 4.90 Å². The third-order valence-corrected chi connectivity index (χ3v) is 7.46. The van der Waals surface area contributed by atoms with Crippen LogP contribution in [0.5, 0.6) is 0 Å². The van der Waals surface area contributed by atoms with E-state index in [2.05, 4.69) is 5.32 Å². The monoisotopic (exact) mass is 435 g/mol. The third-order valence-electron chi connectivity index (χ3n) is 6.16. The number of carbonyl (C=O) groups is 2. The molecular formula is C22H33N3O4S. The number of nitrogens with zero attached hydrogens (tertiary/aromatic N) is 2. The van der Waals surface area contributed by atoms with Crippen molar-refractivity contribution < 1.29 is 18.0 Å². The van der Waals surface area contributed by atoms with Crippen LogP contribution in [-0.2, 0) is 14.8 Å². The van der Waals surface area contributed by atoms with Crippen LogP contribution in [0, 0.1) is 25.7 Å². The lowest BCUT2D eigenvalue weighted by Gasteiger charge is -2.33. The van der Waals surface area contributed by atoms with Crippen LogP contribution in [-0.4, -0.2) is 68.4 Å². The minimum atomic E-state index is -3.13. The van der Waals surface area contributed by atoms with Crippen LogP contribution < -0.4 is 5.32 Å². The van der Waals surface area contributed by atoms with Crippen LogP contribution >= 0.6 is 0 Å². The van der Waals surface area contributed by atoms with Gasteiger partial charge in [-0.1, -0.05) is 17.2 Å². The van der Waals surface area contributed by atoms with Gasteiger partial charge in [-0.3, -0.25) is 9.59 Å². The lowest BCUT2D eigenvalue weighted by molar-refractivity contribution is -0.126. The largest absolute Gasteiger partial charge is 0.356 e. The van der Waals surface area contributed by atoms with Gasteiger partial charge in [0, 0.05) is 38.3 Å². The molecule has 3 rings (SSSR count). The molecule has 1 atom stereocenters. The molecule has 1 aromatic carbocycles. The molecule has 8 heteroatoms. The van der Waals surface area contributed by atoms with Gasteiger partial charge in [0.05, 0.1) is 12.2 Å². The zero-order chi connectivity index (χ0) is 21.9. The Morgan fingerprint density at radius 2 is 1.67 bits per heavy atom. The Labute approximate surface area is 179 Å². The van der Waals surface area contributed by atoms with Gasteiger partial charge >= 0.3 is 0 Å². The summed E-state index contributed by atoms with van der Waals surface area (Å²) < 4.78 is 24.7. The van der Waals surface area contributed by atoms with Gasteiger partial charge in [-0.25, -0.2) is 12.7 Å². The van der Waals surface area contributed by atoms with E-state index in [1.807, 2.05) is 32.0 Å². The Bertz CT molecular complexity index is 871. The minimum Gasteiger partial charge on any atom is -0.356 e. The molecule has 1 N–H and O–H groups in total. The highest BCUT2D eigenvalue weighted by atomic mass is 32.2. The Hall–Kier alpha value is -1.93. The molecule has 1 unspecified atom stereocenters. The summed E-state index contributed by atoms with van der Waals surface area (Å²) in [6.45, 7) is 6.69. The van der Waals surface area contributed by atoms with E-state index >= 15 is 0 Å². The predicted octanol–water partition coefficient (Wildman–Crippen LogP) is 1.94.